The minimum absolute atomic E-state index is 0.257. The van der Waals surface area contributed by atoms with Crippen LogP contribution < -0.4 is 0 Å². The summed E-state index contributed by atoms with van der Waals surface area (Å²) in [5.41, 5.74) is 0.560. The Labute approximate surface area is 112 Å². The highest BCUT2D eigenvalue weighted by atomic mass is 32.2. The van der Waals surface area contributed by atoms with E-state index in [2.05, 4.69) is 0 Å². The first-order valence-electron chi connectivity index (χ1n) is 5.65. The molecule has 0 aliphatic carbocycles. The number of methoxy groups -OCH3 is 1. The molecule has 0 heterocycles. The highest BCUT2D eigenvalue weighted by Gasteiger charge is 2.06. The lowest BCUT2D eigenvalue weighted by molar-refractivity contribution is 0.0213. The number of ether oxygens (including phenoxy) is 3. The Balaban J connectivity index is 2.23. The smallest absolute Gasteiger partial charge is 0.338 e. The number of benzene rings is 1. The largest absolute Gasteiger partial charge is 0.460 e. The van der Waals surface area contributed by atoms with Gasteiger partial charge in [0.2, 0.25) is 0 Å². The maximum Gasteiger partial charge on any atom is 0.338 e. The maximum atomic E-state index is 11.6. The molecule has 0 aliphatic rings. The summed E-state index contributed by atoms with van der Waals surface area (Å²) in [4.78, 5) is 12.7. The minimum Gasteiger partial charge on any atom is -0.460 e. The lowest BCUT2D eigenvalue weighted by atomic mass is 10.2. The van der Waals surface area contributed by atoms with Gasteiger partial charge in [-0.3, -0.25) is 0 Å². The molecule has 18 heavy (non-hydrogen) atoms. The van der Waals surface area contributed by atoms with Crippen LogP contribution in [0.4, 0.5) is 0 Å². The van der Waals surface area contributed by atoms with E-state index in [0.29, 0.717) is 25.4 Å². The fourth-order valence-corrected chi connectivity index (χ4v) is 1.66. The van der Waals surface area contributed by atoms with Crippen molar-refractivity contribution in [1.29, 1.82) is 0 Å². The molecule has 0 saturated heterocycles. The van der Waals surface area contributed by atoms with Crippen molar-refractivity contribution in [3.63, 3.8) is 0 Å². The molecule has 1 rings (SSSR count). The predicted octanol–water partition coefficient (Wildman–Crippen LogP) is 2.23. The number of carbonyl (C=O) groups excluding carboxylic acids is 1. The number of hydrogen-bond donors (Lipinski definition) is 0. The van der Waals surface area contributed by atoms with Crippen molar-refractivity contribution in [2.45, 2.75) is 4.90 Å². The Morgan fingerprint density at radius 1 is 1.11 bits per heavy atom. The van der Waals surface area contributed by atoms with Gasteiger partial charge in [0.1, 0.15) is 6.61 Å². The second kappa shape index (κ2) is 8.97. The molecule has 0 amide bonds. The van der Waals surface area contributed by atoms with Crippen LogP contribution in [0.15, 0.2) is 29.2 Å². The number of rotatable bonds is 8. The summed E-state index contributed by atoms with van der Waals surface area (Å²) < 4.78 is 15.1. The van der Waals surface area contributed by atoms with Gasteiger partial charge < -0.3 is 14.2 Å². The molecule has 0 spiro atoms. The lowest BCUT2D eigenvalue weighted by Gasteiger charge is -2.06. The zero-order valence-corrected chi connectivity index (χ0v) is 11.5. The predicted molar refractivity (Wildman–Crippen MR) is 71.2 cm³/mol. The van der Waals surface area contributed by atoms with Crippen molar-refractivity contribution in [1.82, 2.24) is 0 Å². The molecule has 0 atom stereocenters. The van der Waals surface area contributed by atoms with Crippen LogP contribution >= 0.6 is 11.8 Å². The normalized spacial score (nSPS) is 10.3. The van der Waals surface area contributed by atoms with Crippen molar-refractivity contribution < 1.29 is 19.0 Å². The molecule has 0 radical (unpaired) electrons. The van der Waals surface area contributed by atoms with E-state index in [1.165, 1.54) is 0 Å². The van der Waals surface area contributed by atoms with Gasteiger partial charge in [-0.15, -0.1) is 11.8 Å². The third-order valence-corrected chi connectivity index (χ3v) is 2.96. The molecular formula is C13H18O4S. The van der Waals surface area contributed by atoms with Gasteiger partial charge in [-0.05, 0) is 30.5 Å². The van der Waals surface area contributed by atoms with Crippen molar-refractivity contribution >= 4 is 17.7 Å². The van der Waals surface area contributed by atoms with Crippen LogP contribution in [0.25, 0.3) is 0 Å². The summed E-state index contributed by atoms with van der Waals surface area (Å²) in [6, 6.07) is 7.33. The van der Waals surface area contributed by atoms with Crippen molar-refractivity contribution in [2.75, 3.05) is 39.8 Å². The lowest BCUT2D eigenvalue weighted by Crippen LogP contribution is -2.12. The Morgan fingerprint density at radius 3 is 2.39 bits per heavy atom. The van der Waals surface area contributed by atoms with E-state index in [-0.39, 0.29) is 12.6 Å². The molecule has 0 fully saturated rings. The Bertz CT molecular complexity index is 351. The average molecular weight is 270 g/mol. The molecule has 0 bridgehead atoms. The molecular weight excluding hydrogens is 252 g/mol. The van der Waals surface area contributed by atoms with Crippen LogP contribution in [0, 0.1) is 0 Å². The van der Waals surface area contributed by atoms with Gasteiger partial charge in [0.15, 0.2) is 0 Å². The van der Waals surface area contributed by atoms with Crippen molar-refractivity contribution in [3.05, 3.63) is 29.8 Å². The number of carbonyl (C=O) groups is 1. The first-order valence-corrected chi connectivity index (χ1v) is 6.88. The highest BCUT2D eigenvalue weighted by molar-refractivity contribution is 7.98. The maximum absolute atomic E-state index is 11.6. The van der Waals surface area contributed by atoms with E-state index in [9.17, 15) is 4.79 Å². The molecule has 0 saturated carbocycles. The van der Waals surface area contributed by atoms with Crippen LogP contribution in [0.3, 0.4) is 0 Å². The Morgan fingerprint density at radius 2 is 1.78 bits per heavy atom. The van der Waals surface area contributed by atoms with Gasteiger partial charge in [-0.2, -0.15) is 0 Å². The summed E-state index contributed by atoms with van der Waals surface area (Å²) in [7, 11) is 1.61. The fourth-order valence-electron chi connectivity index (χ4n) is 1.25. The Kier molecular flexibility index (Phi) is 7.48. The quantitative estimate of drug-likeness (QED) is 0.412. The molecule has 100 valence electrons. The van der Waals surface area contributed by atoms with Gasteiger partial charge >= 0.3 is 5.97 Å². The van der Waals surface area contributed by atoms with Crippen LogP contribution in [-0.2, 0) is 14.2 Å². The highest BCUT2D eigenvalue weighted by Crippen LogP contribution is 2.15. The van der Waals surface area contributed by atoms with Gasteiger partial charge in [0, 0.05) is 12.0 Å². The molecule has 1 aromatic rings. The Hall–Kier alpha value is -1.04. The monoisotopic (exact) mass is 270 g/mol. The van der Waals surface area contributed by atoms with Gasteiger partial charge in [0.25, 0.3) is 0 Å². The number of esters is 1. The molecule has 5 heteroatoms. The first-order chi connectivity index (χ1) is 8.77. The first kappa shape index (κ1) is 15.0. The summed E-state index contributed by atoms with van der Waals surface area (Å²) in [5.74, 6) is -0.321. The van der Waals surface area contributed by atoms with Crippen molar-refractivity contribution in [2.24, 2.45) is 0 Å². The molecule has 0 unspecified atom stereocenters. The van der Waals surface area contributed by atoms with Crippen LogP contribution in [0.2, 0.25) is 0 Å². The van der Waals surface area contributed by atoms with Gasteiger partial charge in [-0.1, -0.05) is 0 Å². The van der Waals surface area contributed by atoms with E-state index in [1.807, 2.05) is 18.4 Å². The summed E-state index contributed by atoms with van der Waals surface area (Å²) in [6.45, 7) is 1.70. The van der Waals surface area contributed by atoms with Gasteiger partial charge in [-0.25, -0.2) is 4.79 Å². The number of thioether (sulfide) groups is 1. The fraction of sp³-hybridized carbons (Fsp3) is 0.462. The van der Waals surface area contributed by atoms with Crippen molar-refractivity contribution in [3.8, 4) is 0 Å². The topological polar surface area (TPSA) is 44.8 Å². The second-order valence-corrected chi connectivity index (χ2v) is 4.35. The van der Waals surface area contributed by atoms with E-state index in [0.717, 1.165) is 4.90 Å². The molecule has 0 aliphatic heterocycles. The van der Waals surface area contributed by atoms with E-state index in [4.69, 9.17) is 14.2 Å². The molecule has 1 aromatic carbocycles. The van der Waals surface area contributed by atoms with Crippen LogP contribution in [-0.4, -0.2) is 45.8 Å². The zero-order chi connectivity index (χ0) is 13.2. The molecule has 4 nitrogen and oxygen atoms in total. The van der Waals surface area contributed by atoms with Gasteiger partial charge in [0.05, 0.1) is 25.4 Å². The summed E-state index contributed by atoms with van der Waals surface area (Å²) in [6.07, 6.45) is 1.99. The average Bonchev–Trinajstić information content (AvgIpc) is 2.42. The zero-order valence-electron chi connectivity index (χ0n) is 10.7. The van der Waals surface area contributed by atoms with E-state index < -0.39 is 0 Å². The van der Waals surface area contributed by atoms with E-state index in [1.54, 1.807) is 31.0 Å². The third kappa shape index (κ3) is 5.53. The SMILES string of the molecule is COCCOCCOC(=O)c1ccc(SC)cc1. The summed E-state index contributed by atoms with van der Waals surface area (Å²) >= 11 is 1.63. The van der Waals surface area contributed by atoms with Crippen LogP contribution in [0.1, 0.15) is 10.4 Å². The number of hydrogen-bond acceptors (Lipinski definition) is 5. The second-order valence-electron chi connectivity index (χ2n) is 3.47. The minimum atomic E-state index is -0.321. The molecule has 0 N–H and O–H groups in total. The summed E-state index contributed by atoms with van der Waals surface area (Å²) in [5, 5.41) is 0. The third-order valence-electron chi connectivity index (χ3n) is 2.22. The van der Waals surface area contributed by atoms with Crippen LogP contribution in [0.5, 0.6) is 0 Å². The molecule has 0 aromatic heterocycles. The van der Waals surface area contributed by atoms with E-state index >= 15 is 0 Å². The standard InChI is InChI=1S/C13H18O4S/c1-15-7-8-16-9-10-17-13(14)11-3-5-12(18-2)6-4-11/h3-6H,7-10H2,1-2H3.